The van der Waals surface area contributed by atoms with Gasteiger partial charge in [-0.15, -0.1) is 0 Å². The average molecular weight is 301 g/mol. The van der Waals surface area contributed by atoms with Crippen molar-refractivity contribution in [3.8, 4) is 0 Å². The Kier molecular flexibility index (Phi) is 4.45. The van der Waals surface area contributed by atoms with Crippen LogP contribution in [-0.4, -0.2) is 30.2 Å². The fourth-order valence-corrected chi connectivity index (χ4v) is 2.62. The molecule has 22 heavy (non-hydrogen) atoms. The standard InChI is InChI=1S/C17H19NO4/c1-17(2)9-13(19)12(15(20)14(17)16(21)22-3)10-18-11-7-5-4-6-8-11/h4-8,10,14,20H,9H2,1-3H3/t14-/m0/s1. The predicted molar refractivity (Wildman–Crippen MR) is 83.2 cm³/mol. The number of para-hydroxylation sites is 1. The van der Waals surface area contributed by atoms with Crippen molar-refractivity contribution in [1.29, 1.82) is 0 Å². The molecule has 0 bridgehead atoms. The summed E-state index contributed by atoms with van der Waals surface area (Å²) in [6, 6.07) is 9.07. The van der Waals surface area contributed by atoms with Gasteiger partial charge in [0.05, 0.1) is 18.4 Å². The number of aliphatic hydroxyl groups excluding tert-OH is 1. The first-order chi connectivity index (χ1) is 10.4. The first kappa shape index (κ1) is 15.9. The van der Waals surface area contributed by atoms with Gasteiger partial charge in [-0.25, -0.2) is 0 Å². The third kappa shape index (κ3) is 3.08. The number of Topliss-reactive ketones (excluding diaryl/α,β-unsaturated/α-hetero) is 1. The summed E-state index contributed by atoms with van der Waals surface area (Å²) in [7, 11) is 1.26. The number of aliphatic hydroxyl groups is 1. The number of ketones is 1. The Morgan fingerprint density at radius 3 is 2.59 bits per heavy atom. The highest BCUT2D eigenvalue weighted by Gasteiger charge is 2.46. The van der Waals surface area contributed by atoms with E-state index in [1.165, 1.54) is 13.3 Å². The average Bonchev–Trinajstić information content (AvgIpc) is 2.46. The van der Waals surface area contributed by atoms with Gasteiger partial charge in [0.15, 0.2) is 5.78 Å². The summed E-state index contributed by atoms with van der Waals surface area (Å²) >= 11 is 0. The van der Waals surface area contributed by atoms with Crippen LogP contribution in [0.15, 0.2) is 46.7 Å². The van der Waals surface area contributed by atoms with Crippen LogP contribution in [0.4, 0.5) is 5.69 Å². The summed E-state index contributed by atoms with van der Waals surface area (Å²) in [4.78, 5) is 28.4. The molecule has 116 valence electrons. The van der Waals surface area contributed by atoms with Gasteiger partial charge in [0.25, 0.3) is 0 Å². The molecule has 0 fully saturated rings. The third-order valence-electron chi connectivity index (χ3n) is 3.78. The SMILES string of the molecule is COC(=O)[C@@H]1C(O)=C(C=Nc2ccccc2)C(=O)CC1(C)C. The van der Waals surface area contributed by atoms with Crippen LogP contribution in [0.25, 0.3) is 0 Å². The lowest BCUT2D eigenvalue weighted by Gasteiger charge is -2.35. The van der Waals surface area contributed by atoms with Gasteiger partial charge in [0, 0.05) is 12.6 Å². The summed E-state index contributed by atoms with van der Waals surface area (Å²) in [5, 5.41) is 10.4. The summed E-state index contributed by atoms with van der Waals surface area (Å²) in [6.45, 7) is 3.52. The van der Waals surface area contributed by atoms with Crippen LogP contribution in [0.3, 0.4) is 0 Å². The molecule has 0 heterocycles. The van der Waals surface area contributed by atoms with Crippen LogP contribution in [-0.2, 0) is 14.3 Å². The zero-order valence-corrected chi connectivity index (χ0v) is 12.9. The molecule has 1 aromatic rings. The van der Waals surface area contributed by atoms with Gasteiger partial charge in [-0.1, -0.05) is 32.0 Å². The largest absolute Gasteiger partial charge is 0.511 e. The van der Waals surface area contributed by atoms with Crippen LogP contribution >= 0.6 is 0 Å². The number of methoxy groups -OCH3 is 1. The molecule has 0 amide bonds. The molecule has 0 aromatic heterocycles. The van der Waals surface area contributed by atoms with Gasteiger partial charge in [-0.05, 0) is 17.5 Å². The summed E-state index contributed by atoms with van der Waals surface area (Å²) in [5.74, 6) is -1.93. The predicted octanol–water partition coefficient (Wildman–Crippen LogP) is 2.99. The fourth-order valence-electron chi connectivity index (χ4n) is 2.62. The number of hydrogen-bond donors (Lipinski definition) is 1. The molecule has 1 N–H and O–H groups in total. The second-order valence-electron chi connectivity index (χ2n) is 5.94. The highest BCUT2D eigenvalue weighted by Crippen LogP contribution is 2.41. The van der Waals surface area contributed by atoms with Gasteiger partial charge in [-0.2, -0.15) is 0 Å². The Balaban J connectivity index is 2.41. The van der Waals surface area contributed by atoms with Crippen molar-refractivity contribution < 1.29 is 19.4 Å². The van der Waals surface area contributed by atoms with Crippen LogP contribution in [0.5, 0.6) is 0 Å². The molecule has 0 aliphatic heterocycles. The van der Waals surface area contributed by atoms with E-state index in [0.717, 1.165) is 0 Å². The molecule has 0 radical (unpaired) electrons. The maximum Gasteiger partial charge on any atom is 0.316 e. The number of aliphatic imine (C=N–C) groups is 1. The monoisotopic (exact) mass is 301 g/mol. The highest BCUT2D eigenvalue weighted by atomic mass is 16.5. The zero-order chi connectivity index (χ0) is 16.3. The number of nitrogens with zero attached hydrogens (tertiary/aromatic N) is 1. The molecule has 1 atom stereocenters. The molecule has 5 heteroatoms. The van der Waals surface area contributed by atoms with E-state index < -0.39 is 17.3 Å². The number of rotatable bonds is 3. The maximum absolute atomic E-state index is 12.2. The minimum absolute atomic E-state index is 0.0681. The van der Waals surface area contributed by atoms with E-state index in [9.17, 15) is 14.7 Å². The number of carbonyl (C=O) groups is 2. The number of allylic oxidation sites excluding steroid dienone is 1. The van der Waals surface area contributed by atoms with E-state index in [4.69, 9.17) is 4.74 Å². The molecule has 1 aliphatic carbocycles. The Morgan fingerprint density at radius 1 is 1.36 bits per heavy atom. The zero-order valence-electron chi connectivity index (χ0n) is 12.9. The van der Waals surface area contributed by atoms with E-state index in [2.05, 4.69) is 4.99 Å². The second kappa shape index (κ2) is 6.13. The molecule has 0 saturated heterocycles. The number of hydrogen-bond acceptors (Lipinski definition) is 5. The molecular weight excluding hydrogens is 282 g/mol. The minimum Gasteiger partial charge on any atom is -0.511 e. The lowest BCUT2D eigenvalue weighted by Crippen LogP contribution is -2.40. The molecule has 5 nitrogen and oxygen atoms in total. The highest BCUT2D eigenvalue weighted by molar-refractivity contribution is 6.15. The molecule has 0 saturated carbocycles. The maximum atomic E-state index is 12.2. The van der Waals surface area contributed by atoms with Gasteiger partial charge < -0.3 is 9.84 Å². The van der Waals surface area contributed by atoms with Crippen LogP contribution in [0.2, 0.25) is 0 Å². The fraction of sp³-hybridized carbons (Fsp3) is 0.353. The van der Waals surface area contributed by atoms with Crippen molar-refractivity contribution >= 4 is 23.7 Å². The van der Waals surface area contributed by atoms with Gasteiger partial charge in [0.2, 0.25) is 0 Å². The summed E-state index contributed by atoms with van der Waals surface area (Å²) in [6.07, 6.45) is 1.46. The van der Waals surface area contributed by atoms with Crippen molar-refractivity contribution in [2.45, 2.75) is 20.3 Å². The van der Waals surface area contributed by atoms with E-state index >= 15 is 0 Å². The van der Waals surface area contributed by atoms with Gasteiger partial charge in [-0.3, -0.25) is 14.6 Å². The number of benzene rings is 1. The smallest absolute Gasteiger partial charge is 0.316 e. The van der Waals surface area contributed by atoms with Gasteiger partial charge >= 0.3 is 5.97 Å². The first-order valence-electron chi connectivity index (χ1n) is 7.00. The van der Waals surface area contributed by atoms with Gasteiger partial charge in [0.1, 0.15) is 11.7 Å². The minimum atomic E-state index is -0.868. The van der Waals surface area contributed by atoms with Crippen LogP contribution in [0, 0.1) is 11.3 Å². The Labute approximate surface area is 129 Å². The van der Waals surface area contributed by atoms with Crippen LogP contribution in [0.1, 0.15) is 20.3 Å². The normalized spacial score (nSPS) is 21.2. The molecule has 0 unspecified atom stereocenters. The molecule has 2 rings (SSSR count). The van der Waals surface area contributed by atoms with Crippen molar-refractivity contribution in [1.82, 2.24) is 0 Å². The summed E-state index contributed by atoms with van der Waals surface area (Å²) < 4.78 is 4.75. The van der Waals surface area contributed by atoms with Crippen molar-refractivity contribution in [3.63, 3.8) is 0 Å². The quantitative estimate of drug-likeness (QED) is 0.688. The van der Waals surface area contributed by atoms with Crippen molar-refractivity contribution in [2.24, 2.45) is 16.3 Å². The molecule has 1 aliphatic rings. The lowest BCUT2D eigenvalue weighted by atomic mass is 9.68. The van der Waals surface area contributed by atoms with E-state index in [0.29, 0.717) is 5.69 Å². The number of ether oxygens (including phenoxy) is 1. The molecule has 1 aromatic carbocycles. The Hall–Kier alpha value is -2.43. The Bertz CT molecular complexity index is 644. The second-order valence-corrected chi connectivity index (χ2v) is 5.94. The molecule has 0 spiro atoms. The first-order valence-corrected chi connectivity index (χ1v) is 7.00. The van der Waals surface area contributed by atoms with Crippen molar-refractivity contribution in [3.05, 3.63) is 41.7 Å². The van der Waals surface area contributed by atoms with Crippen molar-refractivity contribution in [2.75, 3.05) is 7.11 Å². The molecular formula is C17H19NO4. The van der Waals surface area contributed by atoms with Crippen LogP contribution < -0.4 is 0 Å². The Morgan fingerprint density at radius 2 is 2.00 bits per heavy atom. The van der Waals surface area contributed by atoms with E-state index in [1.807, 2.05) is 18.2 Å². The van der Waals surface area contributed by atoms with E-state index in [-0.39, 0.29) is 23.5 Å². The third-order valence-corrected chi connectivity index (χ3v) is 3.78. The van der Waals surface area contributed by atoms with E-state index in [1.54, 1.807) is 26.0 Å². The lowest BCUT2D eigenvalue weighted by molar-refractivity contribution is -0.150. The topological polar surface area (TPSA) is 76.0 Å². The summed E-state index contributed by atoms with van der Waals surface area (Å²) in [5.41, 5.74) is 0.0341. The number of esters is 1. The number of carbonyl (C=O) groups excluding carboxylic acids is 2.